The van der Waals surface area contributed by atoms with Crippen molar-refractivity contribution < 1.29 is 28.6 Å². The second-order valence-electron chi connectivity index (χ2n) is 10.1. The third-order valence-corrected chi connectivity index (χ3v) is 6.70. The summed E-state index contributed by atoms with van der Waals surface area (Å²) in [5, 5.41) is 5.47. The summed E-state index contributed by atoms with van der Waals surface area (Å²) >= 11 is 0. The first-order valence-electron chi connectivity index (χ1n) is 14.1. The molecule has 222 valence electrons. The molecule has 43 heavy (non-hydrogen) atoms. The summed E-state index contributed by atoms with van der Waals surface area (Å²) in [4.78, 5) is 38.0. The third kappa shape index (κ3) is 9.74. The fraction of sp³-hybridized carbons (Fsp3) is 0.229. The van der Waals surface area contributed by atoms with E-state index < -0.39 is 24.0 Å². The monoisotopic (exact) mass is 580 g/mol. The van der Waals surface area contributed by atoms with Crippen molar-refractivity contribution in [2.45, 2.75) is 45.1 Å². The largest absolute Gasteiger partial charge is 0.485 e. The molecule has 8 heteroatoms. The lowest BCUT2D eigenvalue weighted by Crippen LogP contribution is -2.53. The molecule has 0 saturated heterocycles. The Morgan fingerprint density at radius 3 is 1.65 bits per heavy atom. The van der Waals surface area contributed by atoms with Crippen molar-refractivity contribution in [1.29, 1.82) is 0 Å². The second kappa shape index (κ2) is 15.8. The molecule has 8 nitrogen and oxygen atoms in total. The van der Waals surface area contributed by atoms with E-state index in [0.29, 0.717) is 24.7 Å². The van der Waals surface area contributed by atoms with Crippen LogP contribution in [0, 0.1) is 0 Å². The maximum Gasteiger partial charge on any atom is 0.328 e. The molecule has 0 unspecified atom stereocenters. The van der Waals surface area contributed by atoms with Crippen molar-refractivity contribution in [2.24, 2.45) is 0 Å². The van der Waals surface area contributed by atoms with Gasteiger partial charge in [-0.05, 0) is 34.4 Å². The number of ether oxygens (including phenoxy) is 3. The zero-order valence-corrected chi connectivity index (χ0v) is 24.3. The molecule has 4 aromatic rings. The fourth-order valence-electron chi connectivity index (χ4n) is 4.53. The Hall–Kier alpha value is -5.11. The van der Waals surface area contributed by atoms with Gasteiger partial charge < -0.3 is 24.8 Å². The number of methoxy groups -OCH3 is 1. The minimum Gasteiger partial charge on any atom is -0.485 e. The van der Waals surface area contributed by atoms with Crippen LogP contribution in [0.2, 0.25) is 0 Å². The van der Waals surface area contributed by atoms with Crippen LogP contribution in [0.5, 0.6) is 11.5 Å². The topological polar surface area (TPSA) is 103 Å². The number of rotatable bonds is 14. The van der Waals surface area contributed by atoms with E-state index in [4.69, 9.17) is 14.2 Å². The minimum atomic E-state index is -0.998. The Kier molecular flexibility index (Phi) is 11.3. The van der Waals surface area contributed by atoms with E-state index in [1.54, 1.807) is 12.1 Å². The van der Waals surface area contributed by atoms with Gasteiger partial charge in [-0.1, -0.05) is 97.1 Å². The molecule has 0 spiro atoms. The normalized spacial score (nSPS) is 12.0. The molecule has 0 heterocycles. The molecule has 0 aliphatic rings. The average molecular weight is 581 g/mol. The van der Waals surface area contributed by atoms with Crippen LogP contribution in [-0.2, 0) is 45.2 Å². The number of hydrogen-bond donors (Lipinski definition) is 2. The minimum absolute atomic E-state index is 0.136. The van der Waals surface area contributed by atoms with Gasteiger partial charge in [0.1, 0.15) is 25.3 Å². The van der Waals surface area contributed by atoms with E-state index in [-0.39, 0.29) is 18.7 Å². The number of benzene rings is 4. The molecule has 0 saturated carbocycles. The van der Waals surface area contributed by atoms with Gasteiger partial charge in [0.05, 0.1) is 7.11 Å². The van der Waals surface area contributed by atoms with Crippen LogP contribution in [-0.4, -0.2) is 37.0 Å². The molecule has 0 radical (unpaired) electrons. The molecule has 2 amide bonds. The number of carbonyl (C=O) groups excluding carboxylic acids is 3. The van der Waals surface area contributed by atoms with Crippen molar-refractivity contribution in [3.63, 3.8) is 0 Å². The van der Waals surface area contributed by atoms with Gasteiger partial charge in [0.15, 0.2) is 11.5 Å². The Morgan fingerprint density at radius 2 is 1.12 bits per heavy atom. The van der Waals surface area contributed by atoms with Crippen molar-refractivity contribution in [3.05, 3.63) is 131 Å². The molecular weight excluding hydrogens is 544 g/mol. The summed E-state index contributed by atoms with van der Waals surface area (Å²) in [6, 6.07) is 32.5. The lowest BCUT2D eigenvalue weighted by Gasteiger charge is -2.22. The Labute approximate surface area is 252 Å². The number of esters is 1. The van der Waals surface area contributed by atoms with Gasteiger partial charge in [-0.2, -0.15) is 0 Å². The molecular formula is C35H36N2O6. The smallest absolute Gasteiger partial charge is 0.328 e. The van der Waals surface area contributed by atoms with Crippen LogP contribution in [0.15, 0.2) is 109 Å². The molecule has 0 aliphatic carbocycles. The summed E-state index contributed by atoms with van der Waals surface area (Å²) in [5.74, 6) is -0.385. The SMILES string of the molecule is COC(=O)[C@@H](Cc1ccc(OCc2ccccc2)c(OCc2ccccc2)c1)NC(=O)[C@H](Cc1ccccc1)NC(C)=O. The van der Waals surface area contributed by atoms with Crippen LogP contribution >= 0.6 is 0 Å². The van der Waals surface area contributed by atoms with Crippen molar-refractivity contribution >= 4 is 17.8 Å². The van der Waals surface area contributed by atoms with Crippen molar-refractivity contribution in [1.82, 2.24) is 10.6 Å². The van der Waals surface area contributed by atoms with Crippen LogP contribution < -0.4 is 20.1 Å². The van der Waals surface area contributed by atoms with Crippen molar-refractivity contribution in [2.75, 3.05) is 7.11 Å². The zero-order chi connectivity index (χ0) is 30.4. The van der Waals surface area contributed by atoms with Crippen molar-refractivity contribution in [3.8, 4) is 11.5 Å². The summed E-state index contributed by atoms with van der Waals surface area (Å²) in [6.07, 6.45) is 0.405. The molecule has 2 N–H and O–H groups in total. The maximum absolute atomic E-state index is 13.3. The number of carbonyl (C=O) groups is 3. The lowest BCUT2D eigenvalue weighted by atomic mass is 10.0. The molecule has 0 aliphatic heterocycles. The van der Waals surface area contributed by atoms with Crippen LogP contribution in [0.4, 0.5) is 0 Å². The van der Waals surface area contributed by atoms with Crippen LogP contribution in [0.1, 0.15) is 29.2 Å². The van der Waals surface area contributed by atoms with Gasteiger partial charge in [-0.3, -0.25) is 9.59 Å². The van der Waals surface area contributed by atoms with Gasteiger partial charge in [0.25, 0.3) is 0 Å². The number of nitrogens with one attached hydrogen (secondary N) is 2. The summed E-state index contributed by atoms with van der Waals surface area (Å²) in [6.45, 7) is 2.02. The maximum atomic E-state index is 13.3. The molecule has 0 aromatic heterocycles. The standard InChI is InChI=1S/C35H36N2O6/c1-25(38)36-30(20-26-12-6-3-7-13-26)34(39)37-31(35(40)41-2)21-29-18-19-32(42-23-27-14-8-4-9-15-27)33(22-29)43-24-28-16-10-5-11-17-28/h3-19,22,30-31H,20-21,23-24H2,1-2H3,(H,36,38)(H,37,39)/t30-,31+/m0/s1. The first-order valence-corrected chi connectivity index (χ1v) is 14.1. The van der Waals surface area contributed by atoms with Gasteiger partial charge in [-0.15, -0.1) is 0 Å². The highest BCUT2D eigenvalue weighted by molar-refractivity contribution is 5.90. The summed E-state index contributed by atoms with van der Waals surface area (Å²) in [5.41, 5.74) is 3.60. The first-order chi connectivity index (χ1) is 20.9. The molecule has 2 atom stereocenters. The van der Waals surface area contributed by atoms with E-state index in [1.807, 2.05) is 97.1 Å². The van der Waals surface area contributed by atoms with Gasteiger partial charge in [0, 0.05) is 19.8 Å². The van der Waals surface area contributed by atoms with Gasteiger partial charge in [0.2, 0.25) is 11.8 Å². The number of hydrogen-bond acceptors (Lipinski definition) is 6. The van der Waals surface area contributed by atoms with Gasteiger partial charge >= 0.3 is 5.97 Å². The number of amides is 2. The van der Waals surface area contributed by atoms with E-state index in [1.165, 1.54) is 14.0 Å². The van der Waals surface area contributed by atoms with E-state index >= 15 is 0 Å². The summed E-state index contributed by atoms with van der Waals surface area (Å²) < 4.78 is 17.3. The predicted octanol–water partition coefficient (Wildman–Crippen LogP) is 4.79. The average Bonchev–Trinajstić information content (AvgIpc) is 3.03. The quantitative estimate of drug-likeness (QED) is 0.208. The molecule has 0 bridgehead atoms. The fourth-order valence-corrected chi connectivity index (χ4v) is 4.53. The third-order valence-electron chi connectivity index (χ3n) is 6.70. The highest BCUT2D eigenvalue weighted by atomic mass is 16.5. The van der Waals surface area contributed by atoms with Gasteiger partial charge in [-0.25, -0.2) is 4.79 Å². The zero-order valence-electron chi connectivity index (χ0n) is 24.3. The highest BCUT2D eigenvalue weighted by Crippen LogP contribution is 2.31. The summed E-state index contributed by atoms with van der Waals surface area (Å²) in [7, 11) is 1.27. The highest BCUT2D eigenvalue weighted by Gasteiger charge is 2.27. The molecule has 4 rings (SSSR count). The second-order valence-corrected chi connectivity index (χ2v) is 10.1. The van der Waals surface area contributed by atoms with Crippen LogP contribution in [0.25, 0.3) is 0 Å². The Morgan fingerprint density at radius 1 is 0.605 bits per heavy atom. The van der Waals surface area contributed by atoms with E-state index in [9.17, 15) is 14.4 Å². The van der Waals surface area contributed by atoms with Crippen LogP contribution in [0.3, 0.4) is 0 Å². The Balaban J connectivity index is 1.53. The lowest BCUT2D eigenvalue weighted by molar-refractivity contribution is -0.145. The predicted molar refractivity (Wildman–Crippen MR) is 163 cm³/mol. The Bertz CT molecular complexity index is 1480. The van der Waals surface area contributed by atoms with E-state index in [0.717, 1.165) is 22.3 Å². The molecule has 4 aromatic carbocycles. The first kappa shape index (κ1) is 30.8. The molecule has 0 fully saturated rings. The van der Waals surface area contributed by atoms with E-state index in [2.05, 4.69) is 10.6 Å².